The van der Waals surface area contributed by atoms with E-state index in [1.807, 2.05) is 19.2 Å². The summed E-state index contributed by atoms with van der Waals surface area (Å²) in [6.07, 6.45) is 0.775. The van der Waals surface area contributed by atoms with Gasteiger partial charge in [0.15, 0.2) is 5.82 Å². The Morgan fingerprint density at radius 1 is 1.31 bits per heavy atom. The maximum absolute atomic E-state index is 5.50. The van der Waals surface area contributed by atoms with Gasteiger partial charge in [-0.1, -0.05) is 28.1 Å². The Balaban J connectivity index is 2.19. The first-order chi connectivity index (χ1) is 7.69. The van der Waals surface area contributed by atoms with Crippen LogP contribution in [0.15, 0.2) is 28.7 Å². The number of aromatic nitrogens is 3. The molecule has 0 saturated heterocycles. The molecule has 1 aromatic carbocycles. The van der Waals surface area contributed by atoms with Gasteiger partial charge < -0.3 is 5.73 Å². The summed E-state index contributed by atoms with van der Waals surface area (Å²) in [5.41, 5.74) is 6.71. The Bertz CT molecular complexity index is 475. The van der Waals surface area contributed by atoms with E-state index in [1.165, 1.54) is 5.56 Å². The van der Waals surface area contributed by atoms with Crippen molar-refractivity contribution < 1.29 is 0 Å². The number of benzene rings is 1. The zero-order valence-electron chi connectivity index (χ0n) is 9.02. The van der Waals surface area contributed by atoms with Gasteiger partial charge in [-0.15, -0.1) is 0 Å². The molecule has 0 atom stereocenters. The molecule has 0 bridgehead atoms. The molecule has 1 aromatic heterocycles. The minimum atomic E-state index is 0.383. The van der Waals surface area contributed by atoms with E-state index in [4.69, 9.17) is 5.73 Å². The maximum atomic E-state index is 5.50. The fourth-order valence-corrected chi connectivity index (χ4v) is 1.76. The van der Waals surface area contributed by atoms with Gasteiger partial charge >= 0.3 is 0 Å². The second-order valence-electron chi connectivity index (χ2n) is 3.58. The Hall–Kier alpha value is -1.20. The SMILES string of the molecule is Cn1nc(CN)nc1Cc1ccc(Br)cc1. The molecule has 0 radical (unpaired) electrons. The van der Waals surface area contributed by atoms with E-state index in [0.29, 0.717) is 12.4 Å². The molecule has 84 valence electrons. The summed E-state index contributed by atoms with van der Waals surface area (Å²) in [6.45, 7) is 0.383. The number of hydrogen-bond donors (Lipinski definition) is 1. The number of rotatable bonds is 3. The van der Waals surface area contributed by atoms with Gasteiger partial charge in [0, 0.05) is 17.9 Å². The molecular formula is C11H13BrN4. The van der Waals surface area contributed by atoms with Crippen LogP contribution >= 0.6 is 15.9 Å². The molecule has 0 spiro atoms. The molecule has 5 heteroatoms. The zero-order valence-corrected chi connectivity index (χ0v) is 10.6. The van der Waals surface area contributed by atoms with Crippen molar-refractivity contribution in [3.05, 3.63) is 46.0 Å². The molecule has 2 N–H and O–H groups in total. The van der Waals surface area contributed by atoms with E-state index < -0.39 is 0 Å². The zero-order chi connectivity index (χ0) is 11.5. The van der Waals surface area contributed by atoms with Crippen molar-refractivity contribution in [2.24, 2.45) is 12.8 Å². The van der Waals surface area contributed by atoms with Gasteiger partial charge in [-0.2, -0.15) is 5.10 Å². The third-order valence-corrected chi connectivity index (χ3v) is 2.88. The molecule has 0 saturated carbocycles. The standard InChI is InChI=1S/C11H13BrN4/c1-16-11(14-10(7-13)15-16)6-8-2-4-9(12)5-3-8/h2-5H,6-7,13H2,1H3. The van der Waals surface area contributed by atoms with Crippen LogP contribution in [0.5, 0.6) is 0 Å². The van der Waals surface area contributed by atoms with Crippen molar-refractivity contribution in [1.82, 2.24) is 14.8 Å². The molecule has 2 aromatic rings. The lowest BCUT2D eigenvalue weighted by Gasteiger charge is -2.00. The van der Waals surface area contributed by atoms with Crippen LogP contribution < -0.4 is 5.73 Å². The molecule has 1 heterocycles. The number of aryl methyl sites for hydroxylation is 1. The van der Waals surface area contributed by atoms with Gasteiger partial charge in [0.2, 0.25) is 0 Å². The summed E-state index contributed by atoms with van der Waals surface area (Å²) in [4.78, 5) is 4.36. The second kappa shape index (κ2) is 4.76. The Kier molecular flexibility index (Phi) is 3.36. The van der Waals surface area contributed by atoms with Crippen LogP contribution in [-0.2, 0) is 20.0 Å². The van der Waals surface area contributed by atoms with E-state index in [0.717, 1.165) is 16.7 Å². The highest BCUT2D eigenvalue weighted by Gasteiger charge is 2.06. The highest BCUT2D eigenvalue weighted by molar-refractivity contribution is 9.10. The van der Waals surface area contributed by atoms with Crippen molar-refractivity contribution in [3.8, 4) is 0 Å². The third kappa shape index (κ3) is 2.48. The van der Waals surface area contributed by atoms with Gasteiger partial charge in [0.25, 0.3) is 0 Å². The lowest BCUT2D eigenvalue weighted by Crippen LogP contribution is -2.00. The van der Waals surface area contributed by atoms with E-state index in [2.05, 4.69) is 38.1 Å². The molecule has 0 aliphatic heterocycles. The van der Waals surface area contributed by atoms with Crippen LogP contribution in [0.25, 0.3) is 0 Å². The highest BCUT2D eigenvalue weighted by Crippen LogP contribution is 2.13. The fraction of sp³-hybridized carbons (Fsp3) is 0.273. The van der Waals surface area contributed by atoms with E-state index in [9.17, 15) is 0 Å². The van der Waals surface area contributed by atoms with Gasteiger partial charge in [-0.25, -0.2) is 4.98 Å². The Morgan fingerprint density at radius 3 is 2.56 bits per heavy atom. The average molecular weight is 281 g/mol. The lowest BCUT2D eigenvalue weighted by molar-refractivity contribution is 0.705. The van der Waals surface area contributed by atoms with Crippen LogP contribution in [0.4, 0.5) is 0 Å². The number of nitrogens with two attached hydrogens (primary N) is 1. The number of halogens is 1. The Labute approximate surface area is 103 Å². The quantitative estimate of drug-likeness (QED) is 0.930. The summed E-state index contributed by atoms with van der Waals surface area (Å²) >= 11 is 3.41. The topological polar surface area (TPSA) is 56.7 Å². The van der Waals surface area contributed by atoms with Gasteiger partial charge in [0.1, 0.15) is 5.82 Å². The minimum Gasteiger partial charge on any atom is -0.324 e. The maximum Gasteiger partial charge on any atom is 0.164 e. The van der Waals surface area contributed by atoms with E-state index in [1.54, 1.807) is 4.68 Å². The predicted molar refractivity (Wildman–Crippen MR) is 65.8 cm³/mol. The van der Waals surface area contributed by atoms with Gasteiger partial charge in [-0.3, -0.25) is 4.68 Å². The van der Waals surface area contributed by atoms with Crippen LogP contribution in [0.2, 0.25) is 0 Å². The summed E-state index contributed by atoms with van der Waals surface area (Å²) in [5, 5.41) is 4.21. The number of hydrogen-bond acceptors (Lipinski definition) is 3. The summed E-state index contributed by atoms with van der Waals surface area (Å²) in [5.74, 6) is 1.62. The molecule has 0 unspecified atom stereocenters. The van der Waals surface area contributed by atoms with Crippen LogP contribution in [0.3, 0.4) is 0 Å². The summed E-state index contributed by atoms with van der Waals surface area (Å²) in [7, 11) is 1.89. The minimum absolute atomic E-state index is 0.383. The van der Waals surface area contributed by atoms with Crippen molar-refractivity contribution >= 4 is 15.9 Å². The van der Waals surface area contributed by atoms with Gasteiger partial charge in [0.05, 0.1) is 6.54 Å². The van der Waals surface area contributed by atoms with Crippen molar-refractivity contribution in [2.75, 3.05) is 0 Å². The molecule has 4 nitrogen and oxygen atoms in total. The second-order valence-corrected chi connectivity index (χ2v) is 4.49. The fourth-order valence-electron chi connectivity index (χ4n) is 1.50. The summed E-state index contributed by atoms with van der Waals surface area (Å²) < 4.78 is 2.86. The van der Waals surface area contributed by atoms with Crippen molar-refractivity contribution in [3.63, 3.8) is 0 Å². The first-order valence-electron chi connectivity index (χ1n) is 5.02. The molecule has 0 fully saturated rings. The monoisotopic (exact) mass is 280 g/mol. The first kappa shape index (κ1) is 11.3. The molecule has 16 heavy (non-hydrogen) atoms. The third-order valence-electron chi connectivity index (χ3n) is 2.36. The first-order valence-corrected chi connectivity index (χ1v) is 5.81. The number of nitrogens with zero attached hydrogens (tertiary/aromatic N) is 3. The smallest absolute Gasteiger partial charge is 0.164 e. The van der Waals surface area contributed by atoms with Crippen LogP contribution in [0, 0.1) is 0 Å². The predicted octanol–water partition coefficient (Wildman–Crippen LogP) is 1.63. The average Bonchev–Trinajstić information content (AvgIpc) is 2.63. The van der Waals surface area contributed by atoms with E-state index in [-0.39, 0.29) is 0 Å². The van der Waals surface area contributed by atoms with Crippen LogP contribution in [0.1, 0.15) is 17.2 Å². The Morgan fingerprint density at radius 2 is 2.00 bits per heavy atom. The lowest BCUT2D eigenvalue weighted by atomic mass is 10.1. The largest absolute Gasteiger partial charge is 0.324 e. The van der Waals surface area contributed by atoms with Crippen molar-refractivity contribution in [1.29, 1.82) is 0 Å². The molecule has 0 amide bonds. The molecule has 2 rings (SSSR count). The van der Waals surface area contributed by atoms with Gasteiger partial charge in [-0.05, 0) is 17.7 Å². The molecule has 0 aliphatic carbocycles. The van der Waals surface area contributed by atoms with E-state index >= 15 is 0 Å². The van der Waals surface area contributed by atoms with Crippen molar-refractivity contribution in [2.45, 2.75) is 13.0 Å². The normalized spacial score (nSPS) is 10.7. The highest BCUT2D eigenvalue weighted by atomic mass is 79.9. The summed E-state index contributed by atoms with van der Waals surface area (Å²) in [6, 6.07) is 8.19. The molecular weight excluding hydrogens is 268 g/mol. The molecule has 0 aliphatic rings. The van der Waals surface area contributed by atoms with Crippen LogP contribution in [-0.4, -0.2) is 14.8 Å².